The van der Waals surface area contributed by atoms with Gasteiger partial charge in [-0.3, -0.25) is 15.4 Å². The summed E-state index contributed by atoms with van der Waals surface area (Å²) in [6.45, 7) is 9.92. The summed E-state index contributed by atoms with van der Waals surface area (Å²) in [5.74, 6) is -3.44. The molecule has 6 N–H and O–H groups in total. The predicted molar refractivity (Wildman–Crippen MR) is 187 cm³/mol. The van der Waals surface area contributed by atoms with Crippen LogP contribution >= 0.6 is 0 Å². The van der Waals surface area contributed by atoms with Crippen LogP contribution in [0.15, 0.2) is 16.8 Å². The second-order valence-corrected chi connectivity index (χ2v) is 15.5. The van der Waals surface area contributed by atoms with Crippen molar-refractivity contribution >= 4 is 36.1 Å². The normalized spacial score (nSPS) is 22.6. The third kappa shape index (κ3) is 13.1. The second-order valence-electron chi connectivity index (χ2n) is 15.5. The number of amides is 4. The number of nitrogens with one attached hydrogen (secondary N) is 3. The first-order chi connectivity index (χ1) is 24.3. The molecule has 3 rings (SSSR count). The van der Waals surface area contributed by atoms with E-state index in [0.717, 1.165) is 70.3 Å². The fraction of sp³-hybridized carbons (Fsp3) is 0.771. The summed E-state index contributed by atoms with van der Waals surface area (Å²) in [5.41, 5.74) is -1.92. The first-order valence-corrected chi connectivity index (χ1v) is 18.0. The molecule has 0 spiro atoms. The van der Waals surface area contributed by atoms with Gasteiger partial charge in [0.05, 0.1) is 18.7 Å². The van der Waals surface area contributed by atoms with Gasteiger partial charge in [0.15, 0.2) is 12.2 Å². The molecular formula is C35H57N5O12. The number of carboxylic acids is 1. The molecule has 2 saturated carbocycles. The average Bonchev–Trinajstić information content (AvgIpc) is 3.03. The van der Waals surface area contributed by atoms with Crippen LogP contribution in [0.3, 0.4) is 0 Å². The van der Waals surface area contributed by atoms with Crippen LogP contribution in [0.4, 0.5) is 14.4 Å². The van der Waals surface area contributed by atoms with E-state index in [1.165, 1.54) is 6.92 Å². The van der Waals surface area contributed by atoms with Gasteiger partial charge in [-0.05, 0) is 73.3 Å². The van der Waals surface area contributed by atoms with Crippen LogP contribution in [0.25, 0.3) is 0 Å². The Morgan fingerprint density at radius 1 is 0.885 bits per heavy atom. The molecule has 5 atom stereocenters. The second kappa shape index (κ2) is 18.6. The van der Waals surface area contributed by atoms with E-state index in [9.17, 15) is 39.3 Å². The number of aliphatic imine (C=N–C) groups is 1. The Hall–Kier alpha value is -4.12. The maximum absolute atomic E-state index is 14.2. The van der Waals surface area contributed by atoms with Crippen molar-refractivity contribution in [2.24, 2.45) is 4.99 Å². The van der Waals surface area contributed by atoms with Gasteiger partial charge in [-0.1, -0.05) is 38.5 Å². The van der Waals surface area contributed by atoms with Crippen molar-refractivity contribution in [3.8, 4) is 0 Å². The van der Waals surface area contributed by atoms with Gasteiger partial charge in [0.1, 0.15) is 17.3 Å². The van der Waals surface area contributed by atoms with Crippen LogP contribution in [-0.4, -0.2) is 117 Å². The number of nitrogens with zero attached hydrogens (tertiary/aromatic N) is 2. The minimum absolute atomic E-state index is 0.109. The minimum Gasteiger partial charge on any atom is -0.477 e. The maximum Gasteiger partial charge on any atom is 0.414 e. The van der Waals surface area contributed by atoms with Gasteiger partial charge in [0.25, 0.3) is 0 Å². The molecule has 2 aliphatic carbocycles. The Morgan fingerprint density at radius 2 is 1.37 bits per heavy atom. The molecule has 0 aromatic carbocycles. The average molecular weight is 740 g/mol. The molecule has 17 nitrogen and oxygen atoms in total. The molecule has 3 aliphatic rings. The van der Waals surface area contributed by atoms with Crippen molar-refractivity contribution in [2.45, 2.75) is 166 Å². The van der Waals surface area contributed by atoms with Crippen LogP contribution in [0, 0.1) is 0 Å². The minimum atomic E-state index is -1.79. The third-order valence-corrected chi connectivity index (χ3v) is 8.68. The van der Waals surface area contributed by atoms with E-state index in [4.69, 9.17) is 18.9 Å². The zero-order valence-electron chi connectivity index (χ0n) is 31.3. The highest BCUT2D eigenvalue weighted by molar-refractivity contribution is 6.01. The van der Waals surface area contributed by atoms with Crippen molar-refractivity contribution < 1.29 is 58.2 Å². The number of guanidine groups is 1. The Morgan fingerprint density at radius 3 is 1.77 bits per heavy atom. The van der Waals surface area contributed by atoms with Crippen LogP contribution in [0.1, 0.15) is 113 Å². The van der Waals surface area contributed by atoms with Crippen LogP contribution < -0.4 is 16.0 Å². The zero-order valence-corrected chi connectivity index (χ0v) is 31.3. The lowest BCUT2D eigenvalue weighted by atomic mass is 9.89. The molecule has 2 fully saturated rings. The number of alkyl carbamates (subject to hydrolysis) is 2. The Labute approximate surface area is 304 Å². The number of aliphatic carboxylic acids is 1. The number of carbonyl (C=O) groups excluding carboxylic acids is 4. The topological polar surface area (TPSA) is 235 Å². The highest BCUT2D eigenvalue weighted by Gasteiger charge is 2.48. The fourth-order valence-corrected chi connectivity index (χ4v) is 6.63. The zero-order chi connectivity index (χ0) is 38.8. The molecule has 0 aromatic heterocycles. The molecule has 0 bridgehead atoms. The number of ether oxygens (including phenoxy) is 4. The van der Waals surface area contributed by atoms with Crippen LogP contribution in [0.2, 0.25) is 0 Å². The smallest absolute Gasteiger partial charge is 0.414 e. The van der Waals surface area contributed by atoms with E-state index in [1.807, 2.05) is 0 Å². The van der Waals surface area contributed by atoms with E-state index in [-0.39, 0.29) is 12.1 Å². The summed E-state index contributed by atoms with van der Waals surface area (Å²) in [6, 6.07) is -3.04. The molecular weight excluding hydrogens is 682 g/mol. The van der Waals surface area contributed by atoms with Crippen LogP contribution in [0.5, 0.6) is 0 Å². The first kappa shape index (κ1) is 42.3. The molecule has 0 radical (unpaired) electrons. The number of hydrogen-bond acceptors (Lipinski definition) is 12. The van der Waals surface area contributed by atoms with Crippen molar-refractivity contribution in [3.05, 3.63) is 11.8 Å². The quantitative estimate of drug-likeness (QED) is 0.113. The standard InChI is InChI=1S/C35H57N5O12/c1-20(42)36-26-23(37-30(38-31(46)51-34(2,3)4)39-32(47)52-35(5,6)7)18-25(29(44)45)49-28(26)27(24(43)19-41)50-33(48)40(21-14-10-8-11-15-21)22-16-12-9-13-17-22/h18,21-24,26-28,41,43H,8-17,19H2,1-7H3,(H,36,42)(H,44,45)(H2,37,38,39,46,47)/t23-,24+,26+,27+,28+/m0/s1. The number of rotatable bonds is 9. The summed E-state index contributed by atoms with van der Waals surface area (Å²) in [4.78, 5) is 70.9. The SMILES string of the molecule is CC(=O)N[C@H]1[C@H]([C@H](OC(=O)N(C2CCCCC2)C2CCCCC2)[C@H](O)CO)OC(C(=O)O)=C[C@@H]1N=C(NC(=O)OC(C)(C)C)NC(=O)OC(C)(C)C. The summed E-state index contributed by atoms with van der Waals surface area (Å²) < 4.78 is 22.4. The number of aliphatic hydroxyl groups is 2. The number of carbonyl (C=O) groups is 5. The molecule has 1 aliphatic heterocycles. The molecule has 52 heavy (non-hydrogen) atoms. The lowest BCUT2D eigenvalue weighted by Gasteiger charge is -2.44. The number of carboxylic acid groups (broad SMARTS) is 1. The third-order valence-electron chi connectivity index (χ3n) is 8.68. The number of aliphatic hydroxyl groups excluding tert-OH is 2. The van der Waals surface area contributed by atoms with Crippen molar-refractivity contribution in [2.75, 3.05) is 6.61 Å². The molecule has 1 heterocycles. The van der Waals surface area contributed by atoms with E-state index in [2.05, 4.69) is 20.9 Å². The van der Waals surface area contributed by atoms with Crippen LogP contribution in [-0.2, 0) is 28.5 Å². The lowest BCUT2D eigenvalue weighted by molar-refractivity contribution is -0.147. The molecule has 0 unspecified atom stereocenters. The lowest BCUT2D eigenvalue weighted by Crippen LogP contribution is -2.62. The van der Waals surface area contributed by atoms with E-state index >= 15 is 0 Å². The highest BCUT2D eigenvalue weighted by atomic mass is 16.6. The van der Waals surface area contributed by atoms with Gasteiger partial charge in [0.2, 0.25) is 17.6 Å². The largest absolute Gasteiger partial charge is 0.477 e. The van der Waals surface area contributed by atoms with Gasteiger partial charge < -0.3 is 44.5 Å². The number of hydrogen-bond donors (Lipinski definition) is 6. The van der Waals surface area contributed by atoms with E-state index in [1.54, 1.807) is 46.4 Å². The van der Waals surface area contributed by atoms with E-state index < -0.39 is 90.1 Å². The summed E-state index contributed by atoms with van der Waals surface area (Å²) in [7, 11) is 0. The molecule has 4 amide bonds. The van der Waals surface area contributed by atoms with Crippen molar-refractivity contribution in [1.29, 1.82) is 0 Å². The van der Waals surface area contributed by atoms with Gasteiger partial charge in [0, 0.05) is 19.0 Å². The molecule has 0 saturated heterocycles. The van der Waals surface area contributed by atoms with Gasteiger partial charge >= 0.3 is 24.2 Å². The molecule has 294 valence electrons. The summed E-state index contributed by atoms with van der Waals surface area (Å²) in [6.07, 6.45) is 1.98. The van der Waals surface area contributed by atoms with Gasteiger partial charge in [-0.2, -0.15) is 0 Å². The Kier molecular flexibility index (Phi) is 15.1. The van der Waals surface area contributed by atoms with Crippen molar-refractivity contribution in [3.63, 3.8) is 0 Å². The van der Waals surface area contributed by atoms with Crippen molar-refractivity contribution in [1.82, 2.24) is 20.9 Å². The summed E-state index contributed by atoms with van der Waals surface area (Å²) >= 11 is 0. The van der Waals surface area contributed by atoms with E-state index in [0.29, 0.717) is 0 Å². The monoisotopic (exact) mass is 739 g/mol. The Bertz CT molecular complexity index is 1280. The van der Waals surface area contributed by atoms with Gasteiger partial charge in [-0.15, -0.1) is 0 Å². The van der Waals surface area contributed by atoms with Gasteiger partial charge in [-0.25, -0.2) is 24.2 Å². The highest BCUT2D eigenvalue weighted by Crippen LogP contribution is 2.33. The predicted octanol–water partition coefficient (Wildman–Crippen LogP) is 3.46. The molecule has 0 aromatic rings. The summed E-state index contributed by atoms with van der Waals surface area (Å²) in [5, 5.41) is 38.6. The first-order valence-electron chi connectivity index (χ1n) is 18.0. The fourth-order valence-electron chi connectivity index (χ4n) is 6.63. The maximum atomic E-state index is 14.2. The Balaban J connectivity index is 2.09. The molecule has 17 heteroatoms.